The van der Waals surface area contributed by atoms with Crippen LogP contribution in [0.4, 0.5) is 15.8 Å². The minimum absolute atomic E-state index is 0. The molecule has 6 heteroatoms. The minimum Gasteiger partial charge on any atom is -0.481 e. The van der Waals surface area contributed by atoms with E-state index in [4.69, 9.17) is 10.5 Å². The summed E-state index contributed by atoms with van der Waals surface area (Å²) in [4.78, 5) is 14.4. The quantitative estimate of drug-likeness (QED) is 0.861. The third-order valence-electron chi connectivity index (χ3n) is 4.01. The third-order valence-corrected chi connectivity index (χ3v) is 4.01. The summed E-state index contributed by atoms with van der Waals surface area (Å²) in [7, 11) is 0. The third kappa shape index (κ3) is 3.62. The van der Waals surface area contributed by atoms with Gasteiger partial charge in [-0.15, -0.1) is 12.4 Å². The second-order valence-corrected chi connectivity index (χ2v) is 5.66. The average Bonchev–Trinajstić information content (AvgIpc) is 2.54. The van der Waals surface area contributed by atoms with Crippen LogP contribution in [0.5, 0.6) is 5.75 Å². The number of fused-ring (bicyclic) bond motifs is 1. The SMILES string of the molecule is CC(Oc1cccc(F)c1)C(=O)N1CCCc2c(N)cccc21.Cl. The largest absolute Gasteiger partial charge is 0.481 e. The maximum Gasteiger partial charge on any atom is 0.267 e. The van der Waals surface area contributed by atoms with E-state index in [1.165, 1.54) is 12.1 Å². The van der Waals surface area contributed by atoms with Gasteiger partial charge < -0.3 is 15.4 Å². The average molecular weight is 351 g/mol. The van der Waals surface area contributed by atoms with E-state index < -0.39 is 11.9 Å². The van der Waals surface area contributed by atoms with E-state index in [9.17, 15) is 9.18 Å². The standard InChI is InChI=1S/C18H19FN2O2.ClH/c1-12(23-14-6-2-5-13(19)11-14)18(22)21-10-4-7-15-16(20)8-3-9-17(15)21;/h2-3,5-6,8-9,11-12H,4,7,10,20H2,1H3;1H. The molecule has 1 heterocycles. The van der Waals surface area contributed by atoms with Crippen molar-refractivity contribution in [2.45, 2.75) is 25.9 Å². The zero-order valence-corrected chi connectivity index (χ0v) is 14.2. The number of amides is 1. The molecule has 2 N–H and O–H groups in total. The zero-order valence-electron chi connectivity index (χ0n) is 13.4. The van der Waals surface area contributed by atoms with Gasteiger partial charge in [-0.2, -0.15) is 0 Å². The molecule has 2 aromatic carbocycles. The first-order chi connectivity index (χ1) is 11.1. The molecule has 2 aromatic rings. The van der Waals surface area contributed by atoms with Gasteiger partial charge in [0.05, 0.1) is 0 Å². The van der Waals surface area contributed by atoms with Crippen LogP contribution in [0, 0.1) is 5.82 Å². The number of ether oxygens (including phenoxy) is 1. The van der Waals surface area contributed by atoms with Crippen molar-refractivity contribution in [3.05, 3.63) is 53.8 Å². The van der Waals surface area contributed by atoms with Crippen molar-refractivity contribution >= 4 is 29.7 Å². The maximum absolute atomic E-state index is 13.2. The van der Waals surface area contributed by atoms with Gasteiger partial charge >= 0.3 is 0 Å². The molecule has 1 unspecified atom stereocenters. The highest BCUT2D eigenvalue weighted by molar-refractivity contribution is 5.98. The molecule has 0 bridgehead atoms. The first-order valence-corrected chi connectivity index (χ1v) is 7.67. The Labute approximate surface area is 146 Å². The van der Waals surface area contributed by atoms with E-state index in [0.29, 0.717) is 18.0 Å². The Morgan fingerprint density at radius 1 is 1.29 bits per heavy atom. The molecule has 0 saturated heterocycles. The van der Waals surface area contributed by atoms with Crippen LogP contribution in [0.3, 0.4) is 0 Å². The molecule has 24 heavy (non-hydrogen) atoms. The predicted molar refractivity (Wildman–Crippen MR) is 95.3 cm³/mol. The van der Waals surface area contributed by atoms with Gasteiger partial charge in [0.1, 0.15) is 11.6 Å². The van der Waals surface area contributed by atoms with Crippen LogP contribution in [0.2, 0.25) is 0 Å². The number of rotatable bonds is 3. The predicted octanol–water partition coefficient (Wildman–Crippen LogP) is 3.58. The molecule has 1 amide bonds. The van der Waals surface area contributed by atoms with Crippen molar-refractivity contribution < 1.29 is 13.9 Å². The molecular weight excluding hydrogens is 331 g/mol. The number of hydrogen-bond donors (Lipinski definition) is 1. The lowest BCUT2D eigenvalue weighted by Crippen LogP contribution is -2.43. The molecule has 1 aliphatic heterocycles. The van der Waals surface area contributed by atoms with Gasteiger partial charge in [0.2, 0.25) is 0 Å². The molecule has 0 saturated carbocycles. The van der Waals surface area contributed by atoms with Crippen LogP contribution in [-0.4, -0.2) is 18.6 Å². The summed E-state index contributed by atoms with van der Waals surface area (Å²) in [5.41, 5.74) is 8.56. The number of halogens is 2. The van der Waals surface area contributed by atoms with Gasteiger partial charge in [0, 0.05) is 24.0 Å². The van der Waals surface area contributed by atoms with Crippen LogP contribution in [0.1, 0.15) is 18.9 Å². The van der Waals surface area contributed by atoms with Gasteiger partial charge in [-0.1, -0.05) is 12.1 Å². The lowest BCUT2D eigenvalue weighted by atomic mass is 9.99. The number of anilines is 2. The summed E-state index contributed by atoms with van der Waals surface area (Å²) >= 11 is 0. The highest BCUT2D eigenvalue weighted by Crippen LogP contribution is 2.32. The van der Waals surface area contributed by atoms with E-state index in [1.54, 1.807) is 24.0 Å². The molecule has 4 nitrogen and oxygen atoms in total. The Bertz CT molecular complexity index is 739. The smallest absolute Gasteiger partial charge is 0.267 e. The fourth-order valence-corrected chi connectivity index (χ4v) is 2.89. The van der Waals surface area contributed by atoms with Gasteiger partial charge in [-0.3, -0.25) is 4.79 Å². The van der Waals surface area contributed by atoms with E-state index in [-0.39, 0.29) is 18.3 Å². The second kappa shape index (κ2) is 7.53. The van der Waals surface area contributed by atoms with Crippen molar-refractivity contribution in [3.63, 3.8) is 0 Å². The molecule has 0 fully saturated rings. The molecule has 1 aliphatic rings. The first-order valence-electron chi connectivity index (χ1n) is 7.67. The number of hydrogen-bond acceptors (Lipinski definition) is 3. The Morgan fingerprint density at radius 2 is 2.04 bits per heavy atom. The summed E-state index contributed by atoms with van der Waals surface area (Å²) in [6.07, 6.45) is 1.02. The minimum atomic E-state index is -0.704. The summed E-state index contributed by atoms with van der Waals surface area (Å²) < 4.78 is 18.8. The summed E-state index contributed by atoms with van der Waals surface area (Å²) in [6, 6.07) is 11.4. The van der Waals surface area contributed by atoms with Gasteiger partial charge in [-0.05, 0) is 49.6 Å². The van der Waals surface area contributed by atoms with Crippen molar-refractivity contribution in [2.75, 3.05) is 17.2 Å². The monoisotopic (exact) mass is 350 g/mol. The lowest BCUT2D eigenvalue weighted by molar-refractivity contribution is -0.124. The zero-order chi connectivity index (χ0) is 16.4. The molecule has 0 spiro atoms. The second-order valence-electron chi connectivity index (χ2n) is 5.66. The van der Waals surface area contributed by atoms with Crippen LogP contribution in [0.15, 0.2) is 42.5 Å². The van der Waals surface area contributed by atoms with Crippen LogP contribution in [0.25, 0.3) is 0 Å². The maximum atomic E-state index is 13.2. The van der Waals surface area contributed by atoms with E-state index in [2.05, 4.69) is 0 Å². The van der Waals surface area contributed by atoms with Gasteiger partial charge in [0.25, 0.3) is 5.91 Å². The molecule has 1 atom stereocenters. The summed E-state index contributed by atoms with van der Waals surface area (Å²) in [6.45, 7) is 2.31. The summed E-state index contributed by atoms with van der Waals surface area (Å²) in [5.74, 6) is -0.199. The highest BCUT2D eigenvalue weighted by atomic mass is 35.5. The fourth-order valence-electron chi connectivity index (χ4n) is 2.89. The number of benzene rings is 2. The molecule has 0 aliphatic carbocycles. The Balaban J connectivity index is 0.00000208. The van der Waals surface area contributed by atoms with E-state index >= 15 is 0 Å². The van der Waals surface area contributed by atoms with E-state index in [0.717, 1.165) is 24.1 Å². The molecule has 0 aromatic heterocycles. The molecule has 0 radical (unpaired) electrons. The number of nitrogens with two attached hydrogens (primary N) is 1. The number of carbonyl (C=O) groups excluding carboxylic acids is 1. The van der Waals surface area contributed by atoms with E-state index in [1.807, 2.05) is 18.2 Å². The lowest BCUT2D eigenvalue weighted by Gasteiger charge is -2.32. The van der Waals surface area contributed by atoms with Crippen molar-refractivity contribution in [2.24, 2.45) is 0 Å². The van der Waals surface area contributed by atoms with Crippen molar-refractivity contribution in [1.82, 2.24) is 0 Å². The van der Waals surface area contributed by atoms with Crippen molar-refractivity contribution in [1.29, 1.82) is 0 Å². The topological polar surface area (TPSA) is 55.6 Å². The number of carbonyl (C=O) groups is 1. The number of nitrogens with zero attached hydrogens (tertiary/aromatic N) is 1. The van der Waals surface area contributed by atoms with Gasteiger partial charge in [0.15, 0.2) is 6.10 Å². The Hall–Kier alpha value is -2.27. The summed E-state index contributed by atoms with van der Waals surface area (Å²) in [5, 5.41) is 0. The highest BCUT2D eigenvalue weighted by Gasteiger charge is 2.28. The fraction of sp³-hybridized carbons (Fsp3) is 0.278. The molecule has 128 valence electrons. The van der Waals surface area contributed by atoms with Crippen LogP contribution < -0.4 is 15.4 Å². The molecular formula is C18H20ClFN2O2. The van der Waals surface area contributed by atoms with Gasteiger partial charge in [-0.25, -0.2) is 4.39 Å². The van der Waals surface area contributed by atoms with Crippen LogP contribution >= 0.6 is 12.4 Å². The van der Waals surface area contributed by atoms with Crippen LogP contribution in [-0.2, 0) is 11.2 Å². The first kappa shape index (κ1) is 18.1. The Morgan fingerprint density at radius 3 is 2.79 bits per heavy atom. The molecule has 3 rings (SSSR count). The number of nitrogen functional groups attached to an aromatic ring is 1. The normalized spacial score (nSPS) is 14.3. The Kier molecular flexibility index (Phi) is 5.67. The van der Waals surface area contributed by atoms with Crippen molar-refractivity contribution in [3.8, 4) is 5.75 Å².